The molecular weight excluding hydrogens is 540 g/mol. The van der Waals surface area contributed by atoms with E-state index in [1.54, 1.807) is 6.07 Å². The molecule has 1 aliphatic rings. The minimum absolute atomic E-state index is 0.0918. The molecule has 6 aromatic carbocycles. The van der Waals surface area contributed by atoms with Crippen LogP contribution in [0.4, 0.5) is 11.4 Å². The lowest BCUT2D eigenvalue weighted by molar-refractivity contribution is 0.477. The lowest BCUT2D eigenvalue weighted by Crippen LogP contribution is -2.16. The monoisotopic (exact) mass is 572 g/mol. The van der Waals surface area contributed by atoms with E-state index in [9.17, 15) is 5.11 Å². The van der Waals surface area contributed by atoms with Crippen molar-refractivity contribution in [1.82, 2.24) is 10.4 Å². The molecule has 3 N–H and O–H groups in total. The minimum atomic E-state index is 0.0918. The summed E-state index contributed by atoms with van der Waals surface area (Å²) in [7, 11) is 0. The predicted molar refractivity (Wildman–Crippen MR) is 180 cm³/mol. The van der Waals surface area contributed by atoms with E-state index in [2.05, 4.69) is 107 Å². The lowest BCUT2D eigenvalue weighted by Gasteiger charge is -2.16. The number of amidine groups is 1. The van der Waals surface area contributed by atoms with Gasteiger partial charge in [0.1, 0.15) is 17.8 Å². The van der Waals surface area contributed by atoms with Crippen LogP contribution in [0, 0.1) is 0 Å². The molecule has 0 saturated carbocycles. The molecule has 0 aromatic heterocycles. The molecule has 0 bridgehead atoms. The van der Waals surface area contributed by atoms with Gasteiger partial charge < -0.3 is 10.4 Å². The van der Waals surface area contributed by atoms with Crippen LogP contribution in [-0.4, -0.2) is 16.0 Å². The van der Waals surface area contributed by atoms with Crippen LogP contribution >= 0.6 is 0 Å². The highest BCUT2D eigenvalue weighted by molar-refractivity contribution is 6.00. The summed E-state index contributed by atoms with van der Waals surface area (Å²) >= 11 is 0. The number of para-hydroxylation sites is 1. The van der Waals surface area contributed by atoms with Gasteiger partial charge in [-0.1, -0.05) is 121 Å². The first kappa shape index (κ1) is 27.2. The zero-order valence-corrected chi connectivity index (χ0v) is 24.1. The van der Waals surface area contributed by atoms with Crippen LogP contribution in [0.15, 0.2) is 163 Å². The Hall–Kier alpha value is -5.65. The van der Waals surface area contributed by atoms with Crippen molar-refractivity contribution in [3.05, 3.63) is 174 Å². The average Bonchev–Trinajstić information content (AvgIpc) is 3.88. The molecular formula is C39H32N4O. The standard InChI is InChI=1S/C39H32N4O/c44-37-19-11-10-18-35(37)32-22-25-34(29-14-6-2-7-15-29)36(26-32)41-33-23-20-31(21-24-33)38(40-27-28-12-4-1-5-13-28)43-39(42-43)30-16-8-3-9-17-30/h1-26,39,41-42,44H,27H2. The maximum absolute atomic E-state index is 10.5. The molecule has 1 heterocycles. The van der Waals surface area contributed by atoms with Gasteiger partial charge >= 0.3 is 0 Å². The van der Waals surface area contributed by atoms with Gasteiger partial charge in [0, 0.05) is 28.1 Å². The van der Waals surface area contributed by atoms with E-state index in [0.717, 1.165) is 45.0 Å². The average molecular weight is 573 g/mol. The second kappa shape index (κ2) is 12.3. The summed E-state index contributed by atoms with van der Waals surface area (Å²) in [4.78, 5) is 5.06. The summed E-state index contributed by atoms with van der Waals surface area (Å²) in [6, 6.07) is 53.2. The zero-order chi connectivity index (χ0) is 29.7. The number of nitrogens with zero attached hydrogens (tertiary/aromatic N) is 2. The Morgan fingerprint density at radius 3 is 2.05 bits per heavy atom. The first-order valence-corrected chi connectivity index (χ1v) is 14.8. The normalized spacial score (nSPS) is 14.3. The third-order valence-corrected chi connectivity index (χ3v) is 7.79. The van der Waals surface area contributed by atoms with Crippen molar-refractivity contribution in [2.75, 3.05) is 5.32 Å². The summed E-state index contributed by atoms with van der Waals surface area (Å²) < 4.78 is 0. The van der Waals surface area contributed by atoms with Gasteiger partial charge in [0.25, 0.3) is 0 Å². The largest absolute Gasteiger partial charge is 0.507 e. The van der Waals surface area contributed by atoms with E-state index in [-0.39, 0.29) is 11.9 Å². The first-order chi connectivity index (χ1) is 21.7. The molecule has 1 atom stereocenters. The van der Waals surface area contributed by atoms with E-state index in [1.165, 1.54) is 11.1 Å². The van der Waals surface area contributed by atoms with Gasteiger partial charge in [-0.15, -0.1) is 0 Å². The van der Waals surface area contributed by atoms with Gasteiger partial charge in [0.2, 0.25) is 0 Å². The molecule has 1 fully saturated rings. The van der Waals surface area contributed by atoms with Gasteiger partial charge in [-0.05, 0) is 58.7 Å². The molecule has 1 saturated heterocycles. The van der Waals surface area contributed by atoms with Crippen LogP contribution < -0.4 is 10.7 Å². The number of hydrazine groups is 1. The molecule has 0 amide bonds. The van der Waals surface area contributed by atoms with Crippen LogP contribution in [0.25, 0.3) is 22.3 Å². The number of phenols is 1. The Morgan fingerprint density at radius 2 is 1.32 bits per heavy atom. The first-order valence-electron chi connectivity index (χ1n) is 14.8. The van der Waals surface area contributed by atoms with Gasteiger partial charge in [0.15, 0.2) is 0 Å². The summed E-state index contributed by atoms with van der Waals surface area (Å²) in [6.07, 6.45) is 0.0918. The van der Waals surface area contributed by atoms with Crippen molar-refractivity contribution in [3.8, 4) is 28.0 Å². The summed E-state index contributed by atoms with van der Waals surface area (Å²) in [5.41, 5.74) is 12.7. The minimum Gasteiger partial charge on any atom is -0.507 e. The van der Waals surface area contributed by atoms with E-state index in [4.69, 9.17) is 4.99 Å². The smallest absolute Gasteiger partial charge is 0.147 e. The highest BCUT2D eigenvalue weighted by atomic mass is 16.3. The Morgan fingerprint density at radius 1 is 0.659 bits per heavy atom. The Kier molecular flexibility index (Phi) is 7.60. The molecule has 214 valence electrons. The Balaban J connectivity index is 1.20. The van der Waals surface area contributed by atoms with Gasteiger partial charge in [-0.3, -0.25) is 10.0 Å². The third kappa shape index (κ3) is 5.95. The van der Waals surface area contributed by atoms with Gasteiger partial charge in [0.05, 0.1) is 6.54 Å². The molecule has 1 aliphatic heterocycles. The molecule has 5 heteroatoms. The molecule has 0 spiro atoms. The van der Waals surface area contributed by atoms with E-state index in [0.29, 0.717) is 6.54 Å². The number of hydrogen-bond donors (Lipinski definition) is 3. The summed E-state index contributed by atoms with van der Waals surface area (Å²) in [5, 5.41) is 16.3. The van der Waals surface area contributed by atoms with Crippen LogP contribution in [-0.2, 0) is 6.54 Å². The molecule has 0 aliphatic carbocycles. The number of aliphatic imine (C=N–C) groups is 1. The molecule has 1 unspecified atom stereocenters. The third-order valence-electron chi connectivity index (χ3n) is 7.79. The molecule has 5 nitrogen and oxygen atoms in total. The number of rotatable bonds is 8. The number of phenolic OH excluding ortho intramolecular Hbond substituents is 1. The molecule has 44 heavy (non-hydrogen) atoms. The number of benzene rings is 6. The van der Waals surface area contributed by atoms with Crippen molar-refractivity contribution >= 4 is 17.2 Å². The SMILES string of the molecule is Oc1ccccc1-c1ccc(-c2ccccc2)c(Nc2ccc(C(=NCc3ccccc3)N3NC3c3ccccc3)cc2)c1. The second-order valence-corrected chi connectivity index (χ2v) is 10.8. The number of aromatic hydroxyl groups is 1. The van der Waals surface area contributed by atoms with E-state index >= 15 is 0 Å². The lowest BCUT2D eigenvalue weighted by atomic mass is 9.97. The fraction of sp³-hybridized carbons (Fsp3) is 0.0513. The van der Waals surface area contributed by atoms with E-state index < -0.39 is 0 Å². The van der Waals surface area contributed by atoms with Crippen molar-refractivity contribution in [1.29, 1.82) is 0 Å². The van der Waals surface area contributed by atoms with Crippen LogP contribution in [0.1, 0.15) is 22.9 Å². The molecule has 7 rings (SSSR count). The molecule has 6 aromatic rings. The van der Waals surface area contributed by atoms with Crippen molar-refractivity contribution in [3.63, 3.8) is 0 Å². The highest BCUT2D eigenvalue weighted by Gasteiger charge is 2.38. The Labute approximate surface area is 257 Å². The van der Waals surface area contributed by atoms with E-state index in [1.807, 2.05) is 60.7 Å². The maximum Gasteiger partial charge on any atom is 0.147 e. The fourth-order valence-corrected chi connectivity index (χ4v) is 5.46. The summed E-state index contributed by atoms with van der Waals surface area (Å²) in [5.74, 6) is 1.16. The second-order valence-electron chi connectivity index (χ2n) is 10.8. The van der Waals surface area contributed by atoms with Gasteiger partial charge in [-0.25, -0.2) is 5.43 Å². The topological polar surface area (TPSA) is 69.6 Å². The van der Waals surface area contributed by atoms with Crippen molar-refractivity contribution in [2.24, 2.45) is 4.99 Å². The number of hydrogen-bond acceptors (Lipinski definition) is 4. The van der Waals surface area contributed by atoms with Crippen LogP contribution in [0.2, 0.25) is 0 Å². The summed E-state index contributed by atoms with van der Waals surface area (Å²) in [6.45, 7) is 0.593. The number of anilines is 2. The predicted octanol–water partition coefficient (Wildman–Crippen LogP) is 8.94. The highest BCUT2D eigenvalue weighted by Crippen LogP contribution is 2.37. The zero-order valence-electron chi connectivity index (χ0n) is 24.1. The maximum atomic E-state index is 10.5. The van der Waals surface area contributed by atoms with Crippen LogP contribution in [0.5, 0.6) is 5.75 Å². The number of nitrogens with one attached hydrogen (secondary N) is 2. The quantitative estimate of drug-likeness (QED) is 0.0967. The molecule has 0 radical (unpaired) electrons. The fourth-order valence-electron chi connectivity index (χ4n) is 5.46. The van der Waals surface area contributed by atoms with Gasteiger partial charge in [-0.2, -0.15) is 0 Å². The van der Waals surface area contributed by atoms with Crippen molar-refractivity contribution < 1.29 is 5.11 Å². The van der Waals surface area contributed by atoms with Crippen LogP contribution in [0.3, 0.4) is 0 Å². The Bertz CT molecular complexity index is 1890. The van der Waals surface area contributed by atoms with Crippen molar-refractivity contribution in [2.45, 2.75) is 12.7 Å².